The van der Waals surface area contributed by atoms with E-state index >= 15 is 0 Å². The van der Waals surface area contributed by atoms with E-state index in [9.17, 15) is 9.59 Å². The Labute approximate surface area is 115 Å². The van der Waals surface area contributed by atoms with Gasteiger partial charge >= 0.3 is 5.97 Å². The molecule has 5 nitrogen and oxygen atoms in total. The molecule has 0 aliphatic carbocycles. The van der Waals surface area contributed by atoms with Gasteiger partial charge in [-0.2, -0.15) is 0 Å². The number of aliphatic carboxylic acids is 1. The average Bonchev–Trinajstić information content (AvgIpc) is 2.36. The summed E-state index contributed by atoms with van der Waals surface area (Å²) in [5.41, 5.74) is 0. The van der Waals surface area contributed by atoms with E-state index in [4.69, 9.17) is 14.6 Å². The van der Waals surface area contributed by atoms with Crippen molar-refractivity contribution in [2.45, 2.75) is 78.3 Å². The van der Waals surface area contributed by atoms with Crippen LogP contribution in [0, 0.1) is 0 Å². The highest BCUT2D eigenvalue weighted by Gasteiger charge is 2.42. The first-order valence-electron chi connectivity index (χ1n) is 6.91. The van der Waals surface area contributed by atoms with Gasteiger partial charge in [0.15, 0.2) is 0 Å². The lowest BCUT2D eigenvalue weighted by Crippen LogP contribution is -2.48. The maximum absolute atomic E-state index is 12.2. The van der Waals surface area contributed by atoms with Crippen molar-refractivity contribution in [2.24, 2.45) is 0 Å². The highest BCUT2D eigenvalue weighted by Crippen LogP contribution is 2.26. The van der Waals surface area contributed by atoms with Crippen LogP contribution in [0.3, 0.4) is 0 Å². The Morgan fingerprint density at radius 2 is 1.47 bits per heavy atom. The van der Waals surface area contributed by atoms with Crippen molar-refractivity contribution in [3.8, 4) is 0 Å². The molecule has 0 radical (unpaired) electrons. The quantitative estimate of drug-likeness (QED) is 0.490. The minimum Gasteiger partial charge on any atom is -0.481 e. The van der Waals surface area contributed by atoms with Crippen LogP contribution >= 0.6 is 0 Å². The molecule has 0 aromatic heterocycles. The van der Waals surface area contributed by atoms with E-state index in [0.29, 0.717) is 6.42 Å². The first kappa shape index (κ1) is 18.1. The van der Waals surface area contributed by atoms with Gasteiger partial charge < -0.3 is 14.6 Å². The molecule has 0 fully saturated rings. The average molecular weight is 274 g/mol. The van der Waals surface area contributed by atoms with Gasteiger partial charge in [-0.15, -0.1) is 0 Å². The lowest BCUT2D eigenvalue weighted by Gasteiger charge is -2.35. The number of carboxylic acid groups (broad SMARTS) is 1. The van der Waals surface area contributed by atoms with Crippen LogP contribution in [0.4, 0.5) is 0 Å². The standard InChI is InChI=1S/C14H26O5/c1-6-10(4)18-14(8-3,19-11(5)7-2)12(15)9-13(16)17/h10-11H,6-9H2,1-5H3,(H,16,17). The van der Waals surface area contributed by atoms with Gasteiger partial charge in [0.25, 0.3) is 0 Å². The second-order valence-electron chi connectivity index (χ2n) is 4.77. The van der Waals surface area contributed by atoms with Gasteiger partial charge in [0.1, 0.15) is 6.42 Å². The van der Waals surface area contributed by atoms with Crippen molar-refractivity contribution in [2.75, 3.05) is 0 Å². The largest absolute Gasteiger partial charge is 0.481 e. The molecule has 0 aromatic rings. The fourth-order valence-corrected chi connectivity index (χ4v) is 1.61. The van der Waals surface area contributed by atoms with Crippen molar-refractivity contribution in [3.05, 3.63) is 0 Å². The van der Waals surface area contributed by atoms with Crippen LogP contribution in [0.15, 0.2) is 0 Å². The number of carbonyl (C=O) groups is 2. The third-order valence-corrected chi connectivity index (χ3v) is 3.14. The Morgan fingerprint density at radius 1 is 1.05 bits per heavy atom. The summed E-state index contributed by atoms with van der Waals surface area (Å²) in [7, 11) is 0. The number of ether oxygens (including phenoxy) is 2. The van der Waals surface area contributed by atoms with Crippen LogP contribution in [0.25, 0.3) is 0 Å². The van der Waals surface area contributed by atoms with E-state index in [-0.39, 0.29) is 12.2 Å². The minimum absolute atomic E-state index is 0.165. The molecule has 5 heteroatoms. The molecule has 0 spiro atoms. The van der Waals surface area contributed by atoms with Gasteiger partial charge in [0.05, 0.1) is 12.2 Å². The van der Waals surface area contributed by atoms with Crippen molar-refractivity contribution in [1.29, 1.82) is 0 Å². The van der Waals surface area contributed by atoms with Crippen molar-refractivity contribution in [1.82, 2.24) is 0 Å². The van der Waals surface area contributed by atoms with Crippen LogP contribution in [0.5, 0.6) is 0 Å². The first-order chi connectivity index (χ1) is 8.81. The fraction of sp³-hybridized carbons (Fsp3) is 0.857. The van der Waals surface area contributed by atoms with Crippen LogP contribution < -0.4 is 0 Å². The molecule has 1 N–H and O–H groups in total. The Kier molecular flexibility index (Phi) is 7.87. The lowest BCUT2D eigenvalue weighted by molar-refractivity contribution is -0.261. The molecule has 0 saturated heterocycles. The summed E-state index contributed by atoms with van der Waals surface area (Å²) < 4.78 is 11.5. The molecule has 0 saturated carbocycles. The molecular weight excluding hydrogens is 248 g/mol. The minimum atomic E-state index is -1.44. The third kappa shape index (κ3) is 5.70. The zero-order valence-electron chi connectivity index (χ0n) is 12.6. The molecule has 0 bridgehead atoms. The number of Topliss-reactive ketones (excluding diaryl/α,β-unsaturated/α-hetero) is 1. The van der Waals surface area contributed by atoms with Gasteiger partial charge in [-0.25, -0.2) is 0 Å². The number of rotatable bonds is 10. The molecule has 19 heavy (non-hydrogen) atoms. The van der Waals surface area contributed by atoms with E-state index in [2.05, 4.69) is 0 Å². The Bertz CT molecular complexity index is 288. The Balaban J connectivity index is 5.14. The van der Waals surface area contributed by atoms with Gasteiger partial charge in [-0.3, -0.25) is 9.59 Å². The second kappa shape index (κ2) is 8.27. The van der Waals surface area contributed by atoms with E-state index in [1.165, 1.54) is 0 Å². The van der Waals surface area contributed by atoms with Crippen LogP contribution in [0.1, 0.15) is 60.3 Å². The summed E-state index contributed by atoms with van der Waals surface area (Å²) >= 11 is 0. The first-order valence-corrected chi connectivity index (χ1v) is 6.91. The Morgan fingerprint density at radius 3 is 1.74 bits per heavy atom. The zero-order valence-corrected chi connectivity index (χ0v) is 12.6. The van der Waals surface area contributed by atoms with E-state index < -0.39 is 24.0 Å². The maximum atomic E-state index is 12.2. The second-order valence-corrected chi connectivity index (χ2v) is 4.77. The lowest BCUT2D eigenvalue weighted by atomic mass is 10.0. The third-order valence-electron chi connectivity index (χ3n) is 3.14. The summed E-state index contributed by atoms with van der Waals surface area (Å²) in [6, 6.07) is 0. The van der Waals surface area contributed by atoms with Gasteiger partial charge in [-0.05, 0) is 26.7 Å². The number of hydrogen-bond donors (Lipinski definition) is 1. The van der Waals surface area contributed by atoms with Crippen LogP contribution in [-0.4, -0.2) is 34.9 Å². The summed E-state index contributed by atoms with van der Waals surface area (Å²) in [6.07, 6.45) is 0.843. The van der Waals surface area contributed by atoms with Gasteiger partial charge in [0, 0.05) is 6.42 Å². The van der Waals surface area contributed by atoms with Crippen molar-refractivity contribution in [3.63, 3.8) is 0 Å². The molecule has 0 aliphatic heterocycles. The maximum Gasteiger partial charge on any atom is 0.311 e. The molecule has 0 amide bonds. The highest BCUT2D eigenvalue weighted by atomic mass is 16.7. The smallest absolute Gasteiger partial charge is 0.311 e. The molecule has 112 valence electrons. The predicted octanol–water partition coefficient (Wildman–Crippen LogP) is 2.77. The van der Waals surface area contributed by atoms with Crippen LogP contribution in [-0.2, 0) is 19.1 Å². The van der Waals surface area contributed by atoms with E-state index in [0.717, 1.165) is 12.8 Å². The van der Waals surface area contributed by atoms with E-state index in [1.54, 1.807) is 6.92 Å². The SMILES string of the molecule is CCC(C)OC(CC)(OC(C)CC)C(=O)CC(=O)O. The Hall–Kier alpha value is -0.940. The topological polar surface area (TPSA) is 72.8 Å². The van der Waals surface area contributed by atoms with Crippen molar-refractivity contribution >= 4 is 11.8 Å². The number of ketones is 1. The summed E-state index contributed by atoms with van der Waals surface area (Å²) in [6.45, 7) is 9.34. The monoisotopic (exact) mass is 274 g/mol. The zero-order chi connectivity index (χ0) is 15.1. The summed E-state index contributed by atoms with van der Waals surface area (Å²) in [5, 5.41) is 8.79. The molecule has 2 atom stereocenters. The number of carbonyl (C=O) groups excluding carboxylic acids is 1. The van der Waals surface area contributed by atoms with Crippen LogP contribution in [0.2, 0.25) is 0 Å². The molecule has 0 aliphatic rings. The normalized spacial score (nSPS) is 17.5. The molecular formula is C14H26O5. The van der Waals surface area contributed by atoms with Gasteiger partial charge in [0.2, 0.25) is 11.6 Å². The summed E-state index contributed by atoms with van der Waals surface area (Å²) in [4.78, 5) is 22.9. The molecule has 0 heterocycles. The number of hydrogen-bond acceptors (Lipinski definition) is 4. The van der Waals surface area contributed by atoms with Gasteiger partial charge in [-0.1, -0.05) is 20.8 Å². The van der Waals surface area contributed by atoms with E-state index in [1.807, 2.05) is 27.7 Å². The highest BCUT2D eigenvalue weighted by molar-refractivity contribution is 5.98. The predicted molar refractivity (Wildman–Crippen MR) is 72.0 cm³/mol. The van der Waals surface area contributed by atoms with Crippen molar-refractivity contribution < 1.29 is 24.2 Å². The summed E-state index contributed by atoms with van der Waals surface area (Å²) in [5.74, 6) is -3.13. The fourth-order valence-electron chi connectivity index (χ4n) is 1.61. The molecule has 0 rings (SSSR count). The number of carboxylic acids is 1. The molecule has 2 unspecified atom stereocenters. The molecule has 0 aromatic carbocycles.